The molecule has 0 unspecified atom stereocenters. The number of benzene rings is 1. The molecule has 1 aromatic carbocycles. The molecule has 3 N–H and O–H groups in total. The molecule has 1 aliphatic rings. The quantitative estimate of drug-likeness (QED) is 0.660. The van der Waals surface area contributed by atoms with E-state index in [9.17, 15) is 4.79 Å². The summed E-state index contributed by atoms with van der Waals surface area (Å²) in [6.07, 6.45) is 0. The molecule has 110 valence electrons. The molecular formula is C13H18N2O5. The first kappa shape index (κ1) is 14.3. The van der Waals surface area contributed by atoms with Gasteiger partial charge in [0.1, 0.15) is 12.4 Å². The molecule has 2 rings (SSSR count). The Morgan fingerprint density at radius 1 is 1.45 bits per heavy atom. The molecule has 1 heterocycles. The van der Waals surface area contributed by atoms with Gasteiger partial charge in [-0.3, -0.25) is 0 Å². The molecule has 1 atom stereocenters. The average molecular weight is 282 g/mol. The first-order valence-corrected chi connectivity index (χ1v) is 6.36. The molecule has 0 fully saturated rings. The van der Waals surface area contributed by atoms with Crippen molar-refractivity contribution in [3.05, 3.63) is 18.2 Å². The van der Waals surface area contributed by atoms with Crippen LogP contribution in [-0.4, -0.2) is 43.7 Å². The van der Waals surface area contributed by atoms with Crippen LogP contribution in [0.1, 0.15) is 6.92 Å². The van der Waals surface area contributed by atoms with E-state index in [-0.39, 0.29) is 25.5 Å². The molecule has 7 nitrogen and oxygen atoms in total. The number of nitrogens with one attached hydrogen (secondary N) is 2. The average Bonchev–Trinajstić information content (AvgIpc) is 2.91. The second kappa shape index (κ2) is 6.85. The van der Waals surface area contributed by atoms with Crippen LogP contribution in [0.3, 0.4) is 0 Å². The van der Waals surface area contributed by atoms with Gasteiger partial charge in [0.15, 0.2) is 11.5 Å². The zero-order valence-corrected chi connectivity index (χ0v) is 11.2. The minimum Gasteiger partial charge on any atom is -0.492 e. The number of aliphatic hydroxyl groups is 1. The SMILES string of the molecule is C[C@H](CO)NC(=O)NCCOc1ccc2c(c1)OCO2. The Bertz CT molecular complexity index is 466. The van der Waals surface area contributed by atoms with E-state index in [1.165, 1.54) is 0 Å². The third-order valence-electron chi connectivity index (χ3n) is 2.65. The lowest BCUT2D eigenvalue weighted by atomic mass is 10.3. The normalized spacial score (nSPS) is 13.7. The van der Waals surface area contributed by atoms with Gasteiger partial charge in [0, 0.05) is 6.07 Å². The number of carbonyl (C=O) groups excluding carboxylic acids is 1. The summed E-state index contributed by atoms with van der Waals surface area (Å²) in [4.78, 5) is 11.4. The van der Waals surface area contributed by atoms with Crippen molar-refractivity contribution in [3.8, 4) is 17.2 Å². The fraction of sp³-hybridized carbons (Fsp3) is 0.462. The highest BCUT2D eigenvalue weighted by atomic mass is 16.7. The van der Waals surface area contributed by atoms with E-state index in [1.54, 1.807) is 25.1 Å². The van der Waals surface area contributed by atoms with Gasteiger partial charge in [-0.1, -0.05) is 0 Å². The predicted molar refractivity (Wildman–Crippen MR) is 71.1 cm³/mol. The Morgan fingerprint density at radius 2 is 2.25 bits per heavy atom. The van der Waals surface area contributed by atoms with Crippen molar-refractivity contribution in [2.24, 2.45) is 0 Å². The molecule has 20 heavy (non-hydrogen) atoms. The van der Waals surface area contributed by atoms with Crippen molar-refractivity contribution in [1.82, 2.24) is 10.6 Å². The molecule has 0 saturated heterocycles. The van der Waals surface area contributed by atoms with E-state index in [2.05, 4.69) is 10.6 Å². The second-order valence-corrected chi connectivity index (χ2v) is 4.35. The smallest absolute Gasteiger partial charge is 0.315 e. The molecule has 7 heteroatoms. The van der Waals surface area contributed by atoms with Crippen LogP contribution in [0.25, 0.3) is 0 Å². The lowest BCUT2D eigenvalue weighted by Gasteiger charge is -2.12. The summed E-state index contributed by atoms with van der Waals surface area (Å²) in [5.41, 5.74) is 0. The number of amides is 2. The van der Waals surface area contributed by atoms with Gasteiger partial charge >= 0.3 is 6.03 Å². The summed E-state index contributed by atoms with van der Waals surface area (Å²) in [6.45, 7) is 2.53. The summed E-state index contributed by atoms with van der Waals surface area (Å²) in [5.74, 6) is 2.01. The van der Waals surface area contributed by atoms with Crippen molar-refractivity contribution >= 4 is 6.03 Å². The minimum atomic E-state index is -0.333. The Kier molecular flexibility index (Phi) is 4.89. The van der Waals surface area contributed by atoms with Crippen LogP contribution in [0, 0.1) is 0 Å². The van der Waals surface area contributed by atoms with Crippen molar-refractivity contribution in [2.45, 2.75) is 13.0 Å². The number of urea groups is 1. The van der Waals surface area contributed by atoms with Crippen LogP contribution >= 0.6 is 0 Å². The first-order valence-electron chi connectivity index (χ1n) is 6.36. The molecule has 0 bridgehead atoms. The van der Waals surface area contributed by atoms with Crippen LogP contribution in [0.15, 0.2) is 18.2 Å². The van der Waals surface area contributed by atoms with Gasteiger partial charge in [0.25, 0.3) is 0 Å². The lowest BCUT2D eigenvalue weighted by Crippen LogP contribution is -2.43. The van der Waals surface area contributed by atoms with Crippen molar-refractivity contribution in [2.75, 3.05) is 26.6 Å². The fourth-order valence-corrected chi connectivity index (χ4v) is 1.62. The molecule has 0 saturated carbocycles. The van der Waals surface area contributed by atoms with Gasteiger partial charge < -0.3 is 30.0 Å². The summed E-state index contributed by atoms with van der Waals surface area (Å²) >= 11 is 0. The van der Waals surface area contributed by atoms with Gasteiger partial charge in [-0.05, 0) is 19.1 Å². The third-order valence-corrected chi connectivity index (χ3v) is 2.65. The molecule has 1 aromatic rings. The molecule has 2 amide bonds. The highest BCUT2D eigenvalue weighted by Gasteiger charge is 2.13. The van der Waals surface area contributed by atoms with Crippen molar-refractivity contribution in [1.29, 1.82) is 0 Å². The van der Waals surface area contributed by atoms with E-state index in [0.717, 1.165) is 0 Å². The molecule has 0 spiro atoms. The van der Waals surface area contributed by atoms with Crippen LogP contribution in [0.4, 0.5) is 4.79 Å². The summed E-state index contributed by atoms with van der Waals surface area (Å²) in [7, 11) is 0. The van der Waals surface area contributed by atoms with Gasteiger partial charge in [-0.25, -0.2) is 4.79 Å². The minimum absolute atomic E-state index is 0.0961. The van der Waals surface area contributed by atoms with Crippen molar-refractivity contribution < 1.29 is 24.1 Å². The number of hydrogen-bond acceptors (Lipinski definition) is 5. The van der Waals surface area contributed by atoms with Crippen LogP contribution in [0.2, 0.25) is 0 Å². The Hall–Kier alpha value is -2.15. The first-order chi connectivity index (χ1) is 9.69. The molecule has 0 aliphatic carbocycles. The Morgan fingerprint density at radius 3 is 3.05 bits per heavy atom. The Balaban J connectivity index is 1.67. The highest BCUT2D eigenvalue weighted by molar-refractivity contribution is 5.74. The van der Waals surface area contributed by atoms with E-state index >= 15 is 0 Å². The maximum absolute atomic E-state index is 11.4. The lowest BCUT2D eigenvalue weighted by molar-refractivity contribution is 0.173. The zero-order valence-electron chi connectivity index (χ0n) is 11.2. The number of carbonyl (C=O) groups is 1. The number of aliphatic hydroxyl groups excluding tert-OH is 1. The topological polar surface area (TPSA) is 89.1 Å². The van der Waals surface area contributed by atoms with E-state index in [1.807, 2.05) is 0 Å². The number of ether oxygens (including phenoxy) is 3. The Labute approximate surface area is 116 Å². The van der Waals surface area contributed by atoms with E-state index < -0.39 is 0 Å². The fourth-order valence-electron chi connectivity index (χ4n) is 1.62. The predicted octanol–water partition coefficient (Wildman–Crippen LogP) is 0.474. The monoisotopic (exact) mass is 282 g/mol. The van der Waals surface area contributed by atoms with Crippen LogP contribution in [0.5, 0.6) is 17.2 Å². The van der Waals surface area contributed by atoms with Crippen LogP contribution < -0.4 is 24.8 Å². The maximum atomic E-state index is 11.4. The van der Waals surface area contributed by atoms with E-state index in [4.69, 9.17) is 19.3 Å². The standard InChI is InChI=1S/C13H18N2O5/c1-9(7-16)15-13(17)14-4-5-18-10-2-3-11-12(6-10)20-8-19-11/h2-3,6,9,16H,4-5,7-8H2,1H3,(H2,14,15,17)/t9-/m1/s1. The summed E-state index contributed by atoms with van der Waals surface area (Å²) < 4.78 is 15.9. The summed E-state index contributed by atoms with van der Waals surface area (Å²) in [6, 6.07) is 4.70. The second-order valence-electron chi connectivity index (χ2n) is 4.35. The molecular weight excluding hydrogens is 264 g/mol. The van der Waals surface area contributed by atoms with Gasteiger partial charge in [0.05, 0.1) is 19.2 Å². The van der Waals surface area contributed by atoms with Crippen molar-refractivity contribution in [3.63, 3.8) is 0 Å². The van der Waals surface area contributed by atoms with Crippen LogP contribution in [-0.2, 0) is 0 Å². The van der Waals surface area contributed by atoms with E-state index in [0.29, 0.717) is 30.4 Å². The largest absolute Gasteiger partial charge is 0.492 e. The molecule has 1 aliphatic heterocycles. The third kappa shape index (κ3) is 3.92. The van der Waals surface area contributed by atoms with Gasteiger partial charge in [0.2, 0.25) is 6.79 Å². The number of hydrogen-bond donors (Lipinski definition) is 3. The zero-order chi connectivity index (χ0) is 14.4. The van der Waals surface area contributed by atoms with Gasteiger partial charge in [-0.15, -0.1) is 0 Å². The maximum Gasteiger partial charge on any atom is 0.315 e. The highest BCUT2D eigenvalue weighted by Crippen LogP contribution is 2.34. The number of rotatable bonds is 6. The molecule has 0 radical (unpaired) electrons. The number of fused-ring (bicyclic) bond motifs is 1. The summed E-state index contributed by atoms with van der Waals surface area (Å²) in [5, 5.41) is 14.0. The van der Waals surface area contributed by atoms with Gasteiger partial charge in [-0.2, -0.15) is 0 Å². The molecule has 0 aromatic heterocycles.